The molecule has 1 aliphatic rings. The van der Waals surface area contributed by atoms with Crippen molar-refractivity contribution in [2.24, 2.45) is 0 Å². The molecule has 21 heavy (non-hydrogen) atoms. The van der Waals surface area contributed by atoms with E-state index < -0.39 is 0 Å². The summed E-state index contributed by atoms with van der Waals surface area (Å²) in [6.07, 6.45) is 0. The second-order valence-corrected chi connectivity index (χ2v) is 4.92. The normalized spacial score (nSPS) is 15.3. The second kappa shape index (κ2) is 5.54. The van der Waals surface area contributed by atoms with E-state index in [4.69, 9.17) is 4.74 Å². The van der Waals surface area contributed by atoms with Crippen LogP contribution in [0.5, 0.6) is 0 Å². The molecule has 0 aromatic heterocycles. The third-order valence-electron chi connectivity index (χ3n) is 3.61. The van der Waals surface area contributed by atoms with Crippen LogP contribution >= 0.6 is 0 Å². The van der Waals surface area contributed by atoms with Gasteiger partial charge in [-0.2, -0.15) is 0 Å². The number of benzene rings is 2. The Labute approximate surface area is 122 Å². The first kappa shape index (κ1) is 13.6. The number of amides is 3. The summed E-state index contributed by atoms with van der Waals surface area (Å²) in [6.45, 7) is 0.941. The third kappa shape index (κ3) is 2.36. The van der Waals surface area contributed by atoms with Crippen LogP contribution in [0.15, 0.2) is 42.5 Å². The van der Waals surface area contributed by atoms with E-state index >= 15 is 0 Å². The Morgan fingerprint density at radius 1 is 1.10 bits per heavy atom. The summed E-state index contributed by atoms with van der Waals surface area (Å²) >= 11 is 0. The van der Waals surface area contributed by atoms with Crippen molar-refractivity contribution in [2.45, 2.75) is 0 Å². The van der Waals surface area contributed by atoms with Crippen LogP contribution in [0, 0.1) is 0 Å². The van der Waals surface area contributed by atoms with Crippen molar-refractivity contribution in [2.75, 3.05) is 31.7 Å². The fourth-order valence-corrected chi connectivity index (χ4v) is 2.57. The first-order valence-corrected chi connectivity index (χ1v) is 6.81. The Bertz CT molecular complexity index is 693. The number of anilines is 1. The lowest BCUT2D eigenvalue weighted by molar-refractivity contribution is -0.116. The van der Waals surface area contributed by atoms with Gasteiger partial charge in [-0.25, -0.2) is 9.69 Å². The Morgan fingerprint density at radius 3 is 2.67 bits per heavy atom. The lowest BCUT2D eigenvalue weighted by atomic mass is 10.1. The molecular weight excluding hydrogens is 268 g/mol. The number of rotatable bonds is 4. The van der Waals surface area contributed by atoms with Crippen LogP contribution < -0.4 is 4.90 Å². The average molecular weight is 284 g/mol. The highest BCUT2D eigenvalue weighted by molar-refractivity contribution is 6.23. The molecule has 1 fully saturated rings. The lowest BCUT2D eigenvalue weighted by Gasteiger charge is -2.18. The molecule has 0 unspecified atom stereocenters. The van der Waals surface area contributed by atoms with E-state index in [9.17, 15) is 9.59 Å². The number of imide groups is 1. The Balaban J connectivity index is 1.99. The smallest absolute Gasteiger partial charge is 0.331 e. The molecule has 1 saturated heterocycles. The number of hydrogen-bond donors (Lipinski definition) is 0. The number of hydrogen-bond acceptors (Lipinski definition) is 3. The van der Waals surface area contributed by atoms with Crippen molar-refractivity contribution < 1.29 is 14.3 Å². The van der Waals surface area contributed by atoms with E-state index in [1.807, 2.05) is 36.4 Å². The molecule has 0 saturated carbocycles. The SMILES string of the molecule is COCCN1CC(=O)N(c2cccc3ccccc23)C1=O. The van der Waals surface area contributed by atoms with Crippen molar-refractivity contribution in [1.82, 2.24) is 4.90 Å². The average Bonchev–Trinajstić information content (AvgIpc) is 2.79. The van der Waals surface area contributed by atoms with Crippen molar-refractivity contribution in [3.05, 3.63) is 42.5 Å². The zero-order valence-electron chi connectivity index (χ0n) is 11.8. The molecule has 108 valence electrons. The molecule has 0 spiro atoms. The standard InChI is InChI=1S/C16H16N2O3/c1-21-10-9-17-11-15(19)18(16(17)20)14-8-4-6-12-5-2-3-7-13(12)14/h2-8H,9-11H2,1H3. The molecule has 0 aliphatic carbocycles. The fourth-order valence-electron chi connectivity index (χ4n) is 2.57. The van der Waals surface area contributed by atoms with Gasteiger partial charge in [-0.15, -0.1) is 0 Å². The predicted molar refractivity (Wildman–Crippen MR) is 80.3 cm³/mol. The second-order valence-electron chi connectivity index (χ2n) is 4.92. The number of urea groups is 1. The van der Waals surface area contributed by atoms with Gasteiger partial charge >= 0.3 is 6.03 Å². The van der Waals surface area contributed by atoms with E-state index in [0.717, 1.165) is 10.8 Å². The topological polar surface area (TPSA) is 49.9 Å². The Kier molecular flexibility index (Phi) is 3.58. The van der Waals surface area contributed by atoms with E-state index in [1.54, 1.807) is 13.2 Å². The van der Waals surface area contributed by atoms with Crippen molar-refractivity contribution in [1.29, 1.82) is 0 Å². The minimum absolute atomic E-state index is 0.103. The van der Waals surface area contributed by atoms with Gasteiger partial charge < -0.3 is 9.64 Å². The monoisotopic (exact) mass is 284 g/mol. The highest BCUT2D eigenvalue weighted by Crippen LogP contribution is 2.29. The molecule has 2 aromatic carbocycles. The van der Waals surface area contributed by atoms with E-state index in [0.29, 0.717) is 18.8 Å². The van der Waals surface area contributed by atoms with Crippen LogP contribution in [0.3, 0.4) is 0 Å². The van der Waals surface area contributed by atoms with Crippen molar-refractivity contribution in [3.8, 4) is 0 Å². The van der Waals surface area contributed by atoms with E-state index in [2.05, 4.69) is 0 Å². The van der Waals surface area contributed by atoms with Crippen LogP contribution in [0.1, 0.15) is 0 Å². The molecule has 1 heterocycles. The molecule has 1 aliphatic heterocycles. The molecule has 5 nitrogen and oxygen atoms in total. The summed E-state index contributed by atoms with van der Waals surface area (Å²) in [4.78, 5) is 27.4. The van der Waals surface area contributed by atoms with Gasteiger partial charge in [0.25, 0.3) is 5.91 Å². The zero-order valence-corrected chi connectivity index (χ0v) is 11.8. The molecule has 0 bridgehead atoms. The first-order valence-electron chi connectivity index (χ1n) is 6.81. The summed E-state index contributed by atoms with van der Waals surface area (Å²) < 4.78 is 4.97. The van der Waals surface area contributed by atoms with E-state index in [1.165, 1.54) is 9.80 Å². The molecule has 2 aromatic rings. The maximum absolute atomic E-state index is 12.4. The molecule has 0 radical (unpaired) electrons. The number of ether oxygens (including phenoxy) is 1. The van der Waals surface area contributed by atoms with Crippen molar-refractivity contribution in [3.63, 3.8) is 0 Å². The minimum atomic E-state index is -0.284. The number of nitrogens with zero attached hydrogens (tertiary/aromatic N) is 2. The number of carbonyl (C=O) groups is 2. The quantitative estimate of drug-likeness (QED) is 0.809. The highest BCUT2D eigenvalue weighted by Gasteiger charge is 2.37. The van der Waals surface area contributed by atoms with Gasteiger partial charge in [0.2, 0.25) is 0 Å². The fraction of sp³-hybridized carbons (Fsp3) is 0.250. The summed E-state index contributed by atoms with van der Waals surface area (Å²) in [5.41, 5.74) is 0.642. The molecule has 3 amide bonds. The van der Waals surface area contributed by atoms with Gasteiger partial charge in [0.05, 0.1) is 12.3 Å². The summed E-state index contributed by atoms with van der Waals surface area (Å²) in [5, 5.41) is 1.90. The maximum Gasteiger partial charge on any atom is 0.331 e. The Hall–Kier alpha value is -2.40. The van der Waals surface area contributed by atoms with Crippen LogP contribution in [0.4, 0.5) is 10.5 Å². The van der Waals surface area contributed by atoms with Gasteiger partial charge in [0, 0.05) is 19.0 Å². The van der Waals surface area contributed by atoms with Crippen LogP contribution in [0.2, 0.25) is 0 Å². The molecule has 0 N–H and O–H groups in total. The largest absolute Gasteiger partial charge is 0.383 e. The number of carbonyl (C=O) groups excluding carboxylic acids is 2. The minimum Gasteiger partial charge on any atom is -0.383 e. The molecule has 5 heteroatoms. The van der Waals surface area contributed by atoms with Gasteiger partial charge in [0.15, 0.2) is 0 Å². The van der Waals surface area contributed by atoms with Gasteiger partial charge in [0.1, 0.15) is 6.54 Å². The van der Waals surface area contributed by atoms with Gasteiger partial charge in [-0.3, -0.25) is 4.79 Å². The van der Waals surface area contributed by atoms with Crippen LogP contribution in [-0.4, -0.2) is 43.6 Å². The van der Waals surface area contributed by atoms with E-state index in [-0.39, 0.29) is 18.5 Å². The predicted octanol–water partition coefficient (Wildman–Crippen LogP) is 2.25. The molecule has 0 atom stereocenters. The molecule has 3 rings (SSSR count). The third-order valence-corrected chi connectivity index (χ3v) is 3.61. The van der Waals surface area contributed by atoms with Crippen molar-refractivity contribution >= 4 is 28.4 Å². The summed E-state index contributed by atoms with van der Waals surface area (Å²) in [7, 11) is 1.57. The van der Waals surface area contributed by atoms with Crippen LogP contribution in [0.25, 0.3) is 10.8 Å². The highest BCUT2D eigenvalue weighted by atomic mass is 16.5. The number of fused-ring (bicyclic) bond motifs is 1. The van der Waals surface area contributed by atoms with Gasteiger partial charge in [-0.1, -0.05) is 36.4 Å². The summed E-state index contributed by atoms with van der Waals surface area (Å²) in [5.74, 6) is -0.201. The summed E-state index contributed by atoms with van der Waals surface area (Å²) in [6, 6.07) is 13.1. The lowest BCUT2D eigenvalue weighted by Crippen LogP contribution is -2.34. The zero-order chi connectivity index (χ0) is 14.8. The maximum atomic E-state index is 12.4. The Morgan fingerprint density at radius 2 is 1.86 bits per heavy atom. The van der Waals surface area contributed by atoms with Crippen LogP contribution in [-0.2, 0) is 9.53 Å². The molecular formula is C16H16N2O3. The first-order chi connectivity index (χ1) is 10.2. The number of methoxy groups -OCH3 is 1. The van der Waals surface area contributed by atoms with Gasteiger partial charge in [-0.05, 0) is 11.5 Å².